The van der Waals surface area contributed by atoms with Gasteiger partial charge in [0.05, 0.1) is 12.1 Å². The SMILES string of the molecule is CC(C)(C)OC(=O)N1CCCC(O)C1c1ccccc1. The van der Waals surface area contributed by atoms with Gasteiger partial charge in [0.2, 0.25) is 0 Å². The lowest BCUT2D eigenvalue weighted by Crippen LogP contribution is -2.47. The molecule has 1 heterocycles. The van der Waals surface area contributed by atoms with Gasteiger partial charge in [-0.2, -0.15) is 0 Å². The van der Waals surface area contributed by atoms with Crippen LogP contribution in [0.3, 0.4) is 0 Å². The molecule has 1 aliphatic heterocycles. The van der Waals surface area contributed by atoms with E-state index in [1.165, 1.54) is 0 Å². The maximum absolute atomic E-state index is 12.3. The highest BCUT2D eigenvalue weighted by Crippen LogP contribution is 2.32. The smallest absolute Gasteiger partial charge is 0.410 e. The predicted molar refractivity (Wildman–Crippen MR) is 77.4 cm³/mol. The first-order valence-corrected chi connectivity index (χ1v) is 7.11. The first-order chi connectivity index (χ1) is 9.38. The number of rotatable bonds is 1. The van der Waals surface area contributed by atoms with Gasteiger partial charge < -0.3 is 9.84 Å². The van der Waals surface area contributed by atoms with Crippen LogP contribution in [0.25, 0.3) is 0 Å². The van der Waals surface area contributed by atoms with Crippen LogP contribution in [0.4, 0.5) is 4.79 Å². The molecular weight excluding hydrogens is 254 g/mol. The van der Waals surface area contributed by atoms with Crippen LogP contribution in [0.2, 0.25) is 0 Å². The molecule has 2 rings (SSSR count). The molecule has 0 aromatic heterocycles. The van der Waals surface area contributed by atoms with E-state index in [0.29, 0.717) is 13.0 Å². The maximum atomic E-state index is 12.3. The fraction of sp³-hybridized carbons (Fsp3) is 0.562. The van der Waals surface area contributed by atoms with Gasteiger partial charge in [0.15, 0.2) is 0 Å². The minimum absolute atomic E-state index is 0.320. The lowest BCUT2D eigenvalue weighted by atomic mass is 9.93. The van der Waals surface area contributed by atoms with Crippen LogP contribution in [0.5, 0.6) is 0 Å². The van der Waals surface area contributed by atoms with Gasteiger partial charge in [-0.3, -0.25) is 4.90 Å². The van der Waals surface area contributed by atoms with Crippen molar-refractivity contribution in [1.82, 2.24) is 4.90 Å². The molecular formula is C16H23NO3. The van der Waals surface area contributed by atoms with Crippen LogP contribution < -0.4 is 0 Å². The number of ether oxygens (including phenoxy) is 1. The zero-order valence-corrected chi connectivity index (χ0v) is 12.4. The number of carbonyl (C=O) groups excluding carboxylic acids is 1. The molecule has 0 aliphatic carbocycles. The quantitative estimate of drug-likeness (QED) is 0.858. The predicted octanol–water partition coefficient (Wildman–Crippen LogP) is 3.12. The van der Waals surface area contributed by atoms with E-state index in [9.17, 15) is 9.90 Å². The molecule has 1 fully saturated rings. The van der Waals surface area contributed by atoms with Gasteiger partial charge in [-0.15, -0.1) is 0 Å². The van der Waals surface area contributed by atoms with Crippen LogP contribution in [-0.4, -0.2) is 34.3 Å². The van der Waals surface area contributed by atoms with Crippen LogP contribution in [-0.2, 0) is 4.74 Å². The Balaban J connectivity index is 2.23. The topological polar surface area (TPSA) is 49.8 Å². The lowest BCUT2D eigenvalue weighted by Gasteiger charge is -2.39. The van der Waals surface area contributed by atoms with E-state index < -0.39 is 11.7 Å². The molecule has 1 aromatic carbocycles. The highest BCUT2D eigenvalue weighted by molar-refractivity contribution is 5.69. The van der Waals surface area contributed by atoms with Crippen molar-refractivity contribution in [3.63, 3.8) is 0 Å². The summed E-state index contributed by atoms with van der Waals surface area (Å²) >= 11 is 0. The highest BCUT2D eigenvalue weighted by atomic mass is 16.6. The molecule has 0 spiro atoms. The van der Waals surface area contributed by atoms with Crippen molar-refractivity contribution < 1.29 is 14.6 Å². The van der Waals surface area contributed by atoms with E-state index in [-0.39, 0.29) is 12.1 Å². The molecule has 1 amide bonds. The average molecular weight is 277 g/mol. The van der Waals surface area contributed by atoms with Gasteiger partial charge in [-0.1, -0.05) is 30.3 Å². The molecule has 0 bridgehead atoms. The standard InChI is InChI=1S/C16H23NO3/c1-16(2,3)20-15(19)17-11-7-10-13(18)14(17)12-8-5-4-6-9-12/h4-6,8-9,13-14,18H,7,10-11H2,1-3H3. The Hall–Kier alpha value is -1.55. The molecule has 1 aromatic rings. The monoisotopic (exact) mass is 277 g/mol. The number of amides is 1. The van der Waals surface area contributed by atoms with E-state index in [1.54, 1.807) is 4.90 Å². The molecule has 4 nitrogen and oxygen atoms in total. The summed E-state index contributed by atoms with van der Waals surface area (Å²) in [5.41, 5.74) is 0.423. The molecule has 110 valence electrons. The summed E-state index contributed by atoms with van der Waals surface area (Å²) in [6.45, 7) is 6.17. The molecule has 1 saturated heterocycles. The fourth-order valence-corrected chi connectivity index (χ4v) is 2.55. The summed E-state index contributed by atoms with van der Waals surface area (Å²) in [5.74, 6) is 0. The van der Waals surface area contributed by atoms with Crippen molar-refractivity contribution in [1.29, 1.82) is 0 Å². The molecule has 20 heavy (non-hydrogen) atoms. The minimum Gasteiger partial charge on any atom is -0.444 e. The fourth-order valence-electron chi connectivity index (χ4n) is 2.55. The van der Waals surface area contributed by atoms with Crippen molar-refractivity contribution in [3.05, 3.63) is 35.9 Å². The number of nitrogens with zero attached hydrogens (tertiary/aromatic N) is 1. The van der Waals surface area contributed by atoms with Crippen LogP contribution in [0.15, 0.2) is 30.3 Å². The Morgan fingerprint density at radius 2 is 1.95 bits per heavy atom. The van der Waals surface area contributed by atoms with Crippen LogP contribution >= 0.6 is 0 Å². The number of benzene rings is 1. The number of likely N-dealkylation sites (tertiary alicyclic amines) is 1. The molecule has 4 heteroatoms. The van der Waals surface area contributed by atoms with Gasteiger partial charge in [-0.25, -0.2) is 4.79 Å². The van der Waals surface area contributed by atoms with Crippen molar-refractivity contribution in [2.24, 2.45) is 0 Å². The number of aliphatic hydroxyl groups is 1. The molecule has 2 unspecified atom stereocenters. The number of aliphatic hydroxyl groups excluding tert-OH is 1. The summed E-state index contributed by atoms with van der Waals surface area (Å²) in [7, 11) is 0. The van der Waals surface area contributed by atoms with E-state index in [1.807, 2.05) is 51.1 Å². The summed E-state index contributed by atoms with van der Waals surface area (Å²) in [6.07, 6.45) is 0.603. The Morgan fingerprint density at radius 3 is 2.55 bits per heavy atom. The molecule has 1 N–H and O–H groups in total. The number of hydrogen-bond donors (Lipinski definition) is 1. The van der Waals surface area contributed by atoms with Crippen molar-refractivity contribution >= 4 is 6.09 Å². The lowest BCUT2D eigenvalue weighted by molar-refractivity contribution is -0.0239. The molecule has 1 aliphatic rings. The van der Waals surface area contributed by atoms with Crippen LogP contribution in [0.1, 0.15) is 45.2 Å². The highest BCUT2D eigenvalue weighted by Gasteiger charge is 2.36. The molecule has 0 radical (unpaired) electrons. The third kappa shape index (κ3) is 3.51. The second-order valence-electron chi connectivity index (χ2n) is 6.24. The average Bonchev–Trinajstić information content (AvgIpc) is 2.37. The first-order valence-electron chi connectivity index (χ1n) is 7.11. The van der Waals surface area contributed by atoms with Gasteiger partial charge in [-0.05, 0) is 39.2 Å². The zero-order valence-electron chi connectivity index (χ0n) is 12.4. The Labute approximate surface area is 120 Å². The Kier molecular flexibility index (Phi) is 4.33. The maximum Gasteiger partial charge on any atom is 0.410 e. The van der Waals surface area contributed by atoms with Crippen molar-refractivity contribution in [2.75, 3.05) is 6.54 Å². The molecule has 2 atom stereocenters. The third-order valence-electron chi connectivity index (χ3n) is 3.37. The van der Waals surface area contributed by atoms with Crippen molar-refractivity contribution in [2.45, 2.75) is 51.4 Å². The summed E-state index contributed by atoms with van der Waals surface area (Å²) in [6, 6.07) is 9.33. The van der Waals surface area contributed by atoms with Gasteiger partial charge in [0, 0.05) is 6.54 Å². The van der Waals surface area contributed by atoms with E-state index >= 15 is 0 Å². The second kappa shape index (κ2) is 5.83. The van der Waals surface area contributed by atoms with Gasteiger partial charge in [0.1, 0.15) is 5.60 Å². The van der Waals surface area contributed by atoms with Gasteiger partial charge in [0.25, 0.3) is 0 Å². The summed E-state index contributed by atoms with van der Waals surface area (Å²) < 4.78 is 5.45. The van der Waals surface area contributed by atoms with Gasteiger partial charge >= 0.3 is 6.09 Å². The van der Waals surface area contributed by atoms with Crippen molar-refractivity contribution in [3.8, 4) is 0 Å². The minimum atomic E-state index is -0.543. The molecule has 0 saturated carbocycles. The number of hydrogen-bond acceptors (Lipinski definition) is 3. The number of piperidine rings is 1. The summed E-state index contributed by atoms with van der Waals surface area (Å²) in [4.78, 5) is 14.0. The Bertz CT molecular complexity index is 453. The summed E-state index contributed by atoms with van der Waals surface area (Å²) in [5, 5.41) is 10.3. The van der Waals surface area contributed by atoms with E-state index in [0.717, 1.165) is 12.0 Å². The Morgan fingerprint density at radius 1 is 1.30 bits per heavy atom. The second-order valence-corrected chi connectivity index (χ2v) is 6.24. The zero-order chi connectivity index (χ0) is 14.8. The normalized spacial score (nSPS) is 23.5. The third-order valence-corrected chi connectivity index (χ3v) is 3.37. The number of carbonyl (C=O) groups is 1. The largest absolute Gasteiger partial charge is 0.444 e. The first kappa shape index (κ1) is 14.9. The van der Waals surface area contributed by atoms with Crippen LogP contribution in [0, 0.1) is 0 Å². The van der Waals surface area contributed by atoms with E-state index in [2.05, 4.69) is 0 Å². The van der Waals surface area contributed by atoms with E-state index in [4.69, 9.17) is 4.74 Å².